The van der Waals surface area contributed by atoms with E-state index < -0.39 is 0 Å². The van der Waals surface area contributed by atoms with E-state index >= 15 is 0 Å². The van der Waals surface area contributed by atoms with Gasteiger partial charge >= 0.3 is 0 Å². The van der Waals surface area contributed by atoms with Crippen molar-refractivity contribution < 1.29 is 0 Å². The number of aromatic nitrogens is 2. The molecule has 0 amide bonds. The Hall–Kier alpha value is -1.79. The van der Waals surface area contributed by atoms with Gasteiger partial charge in [0.2, 0.25) is 0 Å². The van der Waals surface area contributed by atoms with Crippen LogP contribution in [0.1, 0.15) is 11.1 Å². The van der Waals surface area contributed by atoms with Gasteiger partial charge < -0.3 is 0 Å². The predicted molar refractivity (Wildman–Crippen MR) is 77.7 cm³/mol. The Morgan fingerprint density at radius 1 is 1.33 bits per heavy atom. The molecule has 6 heteroatoms. The van der Waals surface area contributed by atoms with Crippen LogP contribution in [0.4, 0.5) is 5.82 Å². The number of thiophene rings is 2. The number of aryl methyl sites for hydroxylation is 1. The molecule has 90 valence electrons. The lowest BCUT2D eigenvalue weighted by Gasteiger charge is -1.99. The van der Waals surface area contributed by atoms with Crippen LogP contribution < -0.4 is 5.43 Å². The summed E-state index contributed by atoms with van der Waals surface area (Å²) in [5, 5.41) is 10.3. The third-order valence-electron chi connectivity index (χ3n) is 2.46. The number of rotatable bonds is 3. The number of fused-ring (bicyclic) bond motifs is 1. The van der Waals surface area contributed by atoms with Crippen molar-refractivity contribution in [3.8, 4) is 0 Å². The summed E-state index contributed by atoms with van der Waals surface area (Å²) in [5.74, 6) is 0.754. The molecule has 0 aliphatic rings. The zero-order valence-electron chi connectivity index (χ0n) is 9.62. The molecule has 0 radical (unpaired) electrons. The quantitative estimate of drug-likeness (QED) is 0.587. The van der Waals surface area contributed by atoms with E-state index in [0.29, 0.717) is 0 Å². The largest absolute Gasteiger partial charge is 0.260 e. The summed E-state index contributed by atoms with van der Waals surface area (Å²) in [5.41, 5.74) is 6.21. The maximum Gasteiger partial charge on any atom is 0.167 e. The lowest BCUT2D eigenvalue weighted by Crippen LogP contribution is -1.94. The van der Waals surface area contributed by atoms with E-state index in [1.54, 1.807) is 35.2 Å². The number of hydrogen-bond donors (Lipinski definition) is 1. The van der Waals surface area contributed by atoms with Crippen LogP contribution in [0.2, 0.25) is 0 Å². The van der Waals surface area contributed by atoms with Crippen molar-refractivity contribution in [3.05, 3.63) is 39.7 Å². The highest BCUT2D eigenvalue weighted by Gasteiger charge is 2.06. The zero-order chi connectivity index (χ0) is 12.4. The van der Waals surface area contributed by atoms with Gasteiger partial charge in [-0.1, -0.05) is 0 Å². The van der Waals surface area contributed by atoms with Gasteiger partial charge in [0, 0.05) is 5.56 Å². The molecule has 3 aromatic heterocycles. The molecule has 0 fully saturated rings. The topological polar surface area (TPSA) is 50.2 Å². The Labute approximate surface area is 112 Å². The summed E-state index contributed by atoms with van der Waals surface area (Å²) >= 11 is 3.28. The van der Waals surface area contributed by atoms with E-state index in [0.717, 1.165) is 21.6 Å². The van der Waals surface area contributed by atoms with Crippen LogP contribution in [0.15, 0.2) is 33.6 Å². The molecule has 18 heavy (non-hydrogen) atoms. The second-order valence-electron chi connectivity index (χ2n) is 3.75. The molecule has 0 aromatic carbocycles. The van der Waals surface area contributed by atoms with E-state index in [-0.39, 0.29) is 0 Å². The monoisotopic (exact) mass is 274 g/mol. The van der Waals surface area contributed by atoms with Gasteiger partial charge in [0.15, 0.2) is 5.82 Å². The second-order valence-corrected chi connectivity index (χ2v) is 5.41. The summed E-state index contributed by atoms with van der Waals surface area (Å²) < 4.78 is 1.04. The maximum atomic E-state index is 4.27. The molecule has 0 spiro atoms. The van der Waals surface area contributed by atoms with E-state index in [1.165, 1.54) is 5.56 Å². The average molecular weight is 274 g/mol. The summed E-state index contributed by atoms with van der Waals surface area (Å²) in [6, 6.07) is 2.01. The molecule has 0 unspecified atom stereocenters. The van der Waals surface area contributed by atoms with E-state index in [4.69, 9.17) is 0 Å². The second kappa shape index (κ2) is 4.83. The average Bonchev–Trinajstić information content (AvgIpc) is 3.01. The van der Waals surface area contributed by atoms with Gasteiger partial charge in [-0.15, -0.1) is 11.3 Å². The summed E-state index contributed by atoms with van der Waals surface area (Å²) in [6.45, 7) is 2.05. The van der Waals surface area contributed by atoms with Gasteiger partial charge in [0.05, 0.1) is 16.4 Å². The SMILES string of the molecule is Cc1csc2c(NN=Cc3ccsc3)ncnc12. The standard InChI is InChI=1S/C12H10N4S2/c1-8-5-18-11-10(8)13-7-14-12(11)16-15-4-9-2-3-17-6-9/h2-7H,1H3,(H,13,14,16). The van der Waals surface area contributed by atoms with Crippen LogP contribution >= 0.6 is 22.7 Å². The molecule has 4 nitrogen and oxygen atoms in total. The zero-order valence-corrected chi connectivity index (χ0v) is 11.3. The van der Waals surface area contributed by atoms with Crippen LogP contribution in [0, 0.1) is 6.92 Å². The first-order valence-electron chi connectivity index (χ1n) is 5.34. The van der Waals surface area contributed by atoms with Gasteiger partial charge in [-0.05, 0) is 34.7 Å². The number of hydrazone groups is 1. The van der Waals surface area contributed by atoms with Crippen LogP contribution in [-0.4, -0.2) is 16.2 Å². The predicted octanol–water partition coefficient (Wildman–Crippen LogP) is 3.51. The number of anilines is 1. The normalized spacial score (nSPS) is 11.4. The van der Waals surface area contributed by atoms with E-state index in [1.807, 2.05) is 23.8 Å². The first-order valence-corrected chi connectivity index (χ1v) is 7.17. The maximum absolute atomic E-state index is 4.27. The summed E-state index contributed by atoms with van der Waals surface area (Å²) in [4.78, 5) is 8.48. The van der Waals surface area contributed by atoms with Gasteiger partial charge in [0.25, 0.3) is 0 Å². The Morgan fingerprint density at radius 3 is 3.11 bits per heavy atom. The number of nitrogens with zero attached hydrogens (tertiary/aromatic N) is 3. The number of hydrogen-bond acceptors (Lipinski definition) is 6. The molecule has 1 N–H and O–H groups in total. The first-order chi connectivity index (χ1) is 8.84. The molecule has 0 saturated carbocycles. The third-order valence-corrected chi connectivity index (χ3v) is 4.25. The van der Waals surface area contributed by atoms with Gasteiger partial charge in [0.1, 0.15) is 6.33 Å². The van der Waals surface area contributed by atoms with Crippen molar-refractivity contribution >= 4 is 44.9 Å². The molecule has 0 atom stereocenters. The highest BCUT2D eigenvalue weighted by atomic mass is 32.1. The molecule has 0 saturated heterocycles. The van der Waals surface area contributed by atoms with Crippen molar-refractivity contribution in [2.75, 3.05) is 5.43 Å². The van der Waals surface area contributed by atoms with E-state index in [9.17, 15) is 0 Å². The van der Waals surface area contributed by atoms with Crippen molar-refractivity contribution in [1.82, 2.24) is 9.97 Å². The fraction of sp³-hybridized carbons (Fsp3) is 0.0833. The number of nitrogens with one attached hydrogen (secondary N) is 1. The molecule has 3 rings (SSSR count). The van der Waals surface area contributed by atoms with Gasteiger partial charge in [-0.25, -0.2) is 9.97 Å². The highest BCUT2D eigenvalue weighted by molar-refractivity contribution is 7.18. The highest BCUT2D eigenvalue weighted by Crippen LogP contribution is 2.28. The molecular formula is C12H10N4S2. The van der Waals surface area contributed by atoms with Crippen LogP contribution in [0.25, 0.3) is 10.2 Å². The Balaban J connectivity index is 1.87. The van der Waals surface area contributed by atoms with Gasteiger partial charge in [-0.2, -0.15) is 16.4 Å². The van der Waals surface area contributed by atoms with Crippen LogP contribution in [0.3, 0.4) is 0 Å². The smallest absolute Gasteiger partial charge is 0.167 e. The first kappa shape index (κ1) is 11.3. The third kappa shape index (κ3) is 2.12. The summed E-state index contributed by atoms with van der Waals surface area (Å²) in [7, 11) is 0. The summed E-state index contributed by atoms with van der Waals surface area (Å²) in [6.07, 6.45) is 3.34. The van der Waals surface area contributed by atoms with Crippen LogP contribution in [0.5, 0.6) is 0 Å². The minimum atomic E-state index is 0.754. The lowest BCUT2D eigenvalue weighted by atomic mass is 10.3. The minimum Gasteiger partial charge on any atom is -0.260 e. The fourth-order valence-corrected chi connectivity index (χ4v) is 3.12. The minimum absolute atomic E-state index is 0.754. The lowest BCUT2D eigenvalue weighted by molar-refractivity contribution is 1.18. The molecule has 0 aliphatic carbocycles. The molecular weight excluding hydrogens is 264 g/mol. The van der Waals surface area contributed by atoms with E-state index in [2.05, 4.69) is 25.9 Å². The van der Waals surface area contributed by atoms with Crippen LogP contribution in [-0.2, 0) is 0 Å². The van der Waals surface area contributed by atoms with Crippen molar-refractivity contribution in [3.63, 3.8) is 0 Å². The van der Waals surface area contributed by atoms with Crippen molar-refractivity contribution in [1.29, 1.82) is 0 Å². The Morgan fingerprint density at radius 2 is 2.28 bits per heavy atom. The van der Waals surface area contributed by atoms with Crippen molar-refractivity contribution in [2.24, 2.45) is 5.10 Å². The van der Waals surface area contributed by atoms with Gasteiger partial charge in [-0.3, -0.25) is 5.43 Å². The Kier molecular flexibility index (Phi) is 3.04. The van der Waals surface area contributed by atoms with Crippen molar-refractivity contribution in [2.45, 2.75) is 6.92 Å². The Bertz CT molecular complexity index is 685. The molecule has 3 aromatic rings. The molecule has 3 heterocycles. The molecule has 0 aliphatic heterocycles. The fourth-order valence-electron chi connectivity index (χ4n) is 1.57. The molecule has 0 bridgehead atoms.